The van der Waals surface area contributed by atoms with Gasteiger partial charge in [-0.15, -0.1) is 0 Å². The number of hydrogen-bond donors (Lipinski definition) is 1. The second-order valence-corrected chi connectivity index (χ2v) is 10.0. The summed E-state index contributed by atoms with van der Waals surface area (Å²) < 4.78 is 51.0. The lowest BCUT2D eigenvalue weighted by atomic mass is 10.2. The normalized spacial score (nSPS) is 12.2. The van der Waals surface area contributed by atoms with Crippen LogP contribution < -0.4 is 0 Å². The molecule has 5 nitrogen and oxygen atoms in total. The van der Waals surface area contributed by atoms with Gasteiger partial charge in [-0.1, -0.05) is 48.5 Å². The summed E-state index contributed by atoms with van der Waals surface area (Å²) in [6.45, 7) is 0. The first kappa shape index (κ1) is 18.2. The monoisotopic (exact) mass is 388 g/mol. The number of sulfone groups is 2. The lowest BCUT2D eigenvalue weighted by Crippen LogP contribution is -2.23. The van der Waals surface area contributed by atoms with Crippen molar-refractivity contribution >= 4 is 19.7 Å². The van der Waals surface area contributed by atoms with Crippen molar-refractivity contribution in [1.82, 2.24) is 0 Å². The Balaban J connectivity index is 2.26. The van der Waals surface area contributed by atoms with E-state index >= 15 is 0 Å². The molecule has 0 atom stereocenters. The maximum Gasteiger partial charge on any atom is 0.200 e. The fraction of sp³-hybridized carbons (Fsp3) is 0.0526. The Bertz CT molecular complexity index is 1020. The van der Waals surface area contributed by atoms with E-state index in [4.69, 9.17) is 0 Å². The Morgan fingerprint density at radius 3 is 1.35 bits per heavy atom. The number of hydrogen-bond acceptors (Lipinski definition) is 5. The largest absolute Gasteiger partial charge is 0.508 e. The molecule has 3 aromatic rings. The van der Waals surface area contributed by atoms with Gasteiger partial charge in [-0.05, 0) is 42.0 Å². The molecule has 0 saturated heterocycles. The summed E-state index contributed by atoms with van der Waals surface area (Å²) in [7, 11) is -8.48. The Hall–Kier alpha value is -2.64. The molecule has 0 unspecified atom stereocenters. The highest BCUT2D eigenvalue weighted by Gasteiger charge is 2.41. The molecule has 0 aliphatic rings. The fourth-order valence-electron chi connectivity index (χ4n) is 2.62. The maximum absolute atomic E-state index is 13.2. The summed E-state index contributed by atoms with van der Waals surface area (Å²) in [5, 5.41) is 9.48. The molecule has 0 radical (unpaired) electrons. The van der Waals surface area contributed by atoms with Crippen molar-refractivity contribution < 1.29 is 21.9 Å². The minimum Gasteiger partial charge on any atom is -0.508 e. The molecule has 0 bridgehead atoms. The van der Waals surface area contributed by atoms with Crippen LogP contribution in [0.4, 0.5) is 0 Å². The van der Waals surface area contributed by atoms with Crippen molar-refractivity contribution in [2.45, 2.75) is 14.4 Å². The molecule has 3 aromatic carbocycles. The van der Waals surface area contributed by atoms with E-state index in [0.717, 1.165) is 0 Å². The van der Waals surface area contributed by atoms with Crippen molar-refractivity contribution in [3.63, 3.8) is 0 Å². The summed E-state index contributed by atoms with van der Waals surface area (Å²) in [6, 6.07) is 20.1. The van der Waals surface area contributed by atoms with E-state index in [0.29, 0.717) is 0 Å². The zero-order valence-corrected chi connectivity index (χ0v) is 15.2. The quantitative estimate of drug-likeness (QED) is 0.724. The maximum atomic E-state index is 13.2. The molecule has 134 valence electrons. The zero-order valence-electron chi connectivity index (χ0n) is 13.6. The van der Waals surface area contributed by atoms with Crippen LogP contribution in [0.15, 0.2) is 94.7 Å². The van der Waals surface area contributed by atoms with Gasteiger partial charge in [-0.2, -0.15) is 0 Å². The highest BCUT2D eigenvalue weighted by molar-refractivity contribution is 8.08. The predicted octanol–water partition coefficient (Wildman–Crippen LogP) is 3.34. The number of rotatable bonds is 5. The van der Waals surface area contributed by atoms with Gasteiger partial charge in [-0.3, -0.25) is 0 Å². The molecule has 0 saturated carbocycles. The van der Waals surface area contributed by atoms with Gasteiger partial charge in [0.15, 0.2) is 24.3 Å². The summed E-state index contributed by atoms with van der Waals surface area (Å²) in [5.74, 6) is -0.0817. The standard InChI is InChI=1S/C19H16O5S2/c20-16-13-11-15(12-14-16)19(25(21,22)17-7-3-1-4-8-17)26(23,24)18-9-5-2-6-10-18/h1-14,19-20H. The minimum absolute atomic E-state index is 0.0653. The molecule has 0 amide bonds. The van der Waals surface area contributed by atoms with Gasteiger partial charge >= 0.3 is 0 Å². The number of aromatic hydroxyl groups is 1. The van der Waals surface area contributed by atoms with Crippen LogP contribution in [-0.4, -0.2) is 21.9 Å². The molecule has 0 heterocycles. The lowest BCUT2D eigenvalue weighted by Gasteiger charge is -2.19. The molecule has 0 aliphatic heterocycles. The van der Waals surface area contributed by atoms with Crippen LogP contribution in [0.25, 0.3) is 0 Å². The third-order valence-electron chi connectivity index (χ3n) is 3.87. The van der Waals surface area contributed by atoms with Gasteiger partial charge in [0.25, 0.3) is 0 Å². The Labute approximate surface area is 152 Å². The smallest absolute Gasteiger partial charge is 0.200 e. The van der Waals surface area contributed by atoms with Gasteiger partial charge in [0.05, 0.1) is 9.79 Å². The van der Waals surface area contributed by atoms with E-state index < -0.39 is 24.3 Å². The van der Waals surface area contributed by atoms with E-state index in [-0.39, 0.29) is 21.1 Å². The van der Waals surface area contributed by atoms with Crippen LogP contribution in [0.1, 0.15) is 10.1 Å². The molecule has 1 N–H and O–H groups in total. The first-order valence-electron chi connectivity index (χ1n) is 7.70. The van der Waals surface area contributed by atoms with E-state index in [1.54, 1.807) is 12.1 Å². The van der Waals surface area contributed by atoms with Crippen molar-refractivity contribution in [3.8, 4) is 5.75 Å². The first-order valence-corrected chi connectivity index (χ1v) is 10.8. The third kappa shape index (κ3) is 3.36. The van der Waals surface area contributed by atoms with Gasteiger partial charge in [0.1, 0.15) is 5.75 Å². The Morgan fingerprint density at radius 1 is 0.577 bits per heavy atom. The summed E-state index contributed by atoms with van der Waals surface area (Å²) in [4.78, 5) is -0.171. The van der Waals surface area contributed by atoms with Crippen LogP contribution in [0.5, 0.6) is 5.75 Å². The predicted molar refractivity (Wildman–Crippen MR) is 98.1 cm³/mol. The summed E-state index contributed by atoms with van der Waals surface area (Å²) in [5.41, 5.74) is 0.0653. The van der Waals surface area contributed by atoms with Crippen LogP contribution in [0.2, 0.25) is 0 Å². The van der Waals surface area contributed by atoms with Gasteiger partial charge in [0.2, 0.25) is 0 Å². The molecular weight excluding hydrogens is 372 g/mol. The van der Waals surface area contributed by atoms with Gasteiger partial charge in [0, 0.05) is 0 Å². The minimum atomic E-state index is -4.24. The lowest BCUT2D eigenvalue weighted by molar-refractivity contribution is 0.475. The Kier molecular flexibility index (Phi) is 4.84. The van der Waals surface area contributed by atoms with Gasteiger partial charge in [-0.25, -0.2) is 16.8 Å². The molecule has 0 aromatic heterocycles. The second-order valence-electron chi connectivity index (χ2n) is 5.64. The molecule has 7 heteroatoms. The molecule has 26 heavy (non-hydrogen) atoms. The number of benzene rings is 3. The molecule has 0 spiro atoms. The van der Waals surface area contributed by atoms with Gasteiger partial charge < -0.3 is 5.11 Å². The fourth-order valence-corrected chi connectivity index (χ4v) is 7.22. The Morgan fingerprint density at radius 2 is 0.962 bits per heavy atom. The highest BCUT2D eigenvalue weighted by atomic mass is 32.3. The van der Waals surface area contributed by atoms with E-state index in [9.17, 15) is 21.9 Å². The summed E-state index contributed by atoms with van der Waals surface area (Å²) in [6.07, 6.45) is 0. The zero-order chi connectivity index (χ0) is 18.8. The first-order chi connectivity index (χ1) is 12.3. The number of phenols is 1. The topological polar surface area (TPSA) is 88.5 Å². The van der Waals surface area contributed by atoms with Crippen LogP contribution in [0, 0.1) is 0 Å². The van der Waals surface area contributed by atoms with Crippen LogP contribution in [0.3, 0.4) is 0 Å². The van der Waals surface area contributed by atoms with E-state index in [1.165, 1.54) is 72.8 Å². The average Bonchev–Trinajstić information content (AvgIpc) is 2.65. The second kappa shape index (κ2) is 6.93. The van der Waals surface area contributed by atoms with E-state index in [2.05, 4.69) is 0 Å². The average molecular weight is 388 g/mol. The van der Waals surface area contributed by atoms with E-state index in [1.807, 2.05) is 0 Å². The SMILES string of the molecule is O=S(=O)(c1ccccc1)C(c1ccc(O)cc1)S(=O)(=O)c1ccccc1. The van der Waals surface area contributed by atoms with Crippen LogP contribution in [-0.2, 0) is 19.7 Å². The van der Waals surface area contributed by atoms with Crippen molar-refractivity contribution in [3.05, 3.63) is 90.5 Å². The molecule has 0 fully saturated rings. The van der Waals surface area contributed by atoms with Crippen molar-refractivity contribution in [2.24, 2.45) is 0 Å². The molecule has 3 rings (SSSR count). The number of phenolic OH excluding ortho intramolecular Hbond substituents is 1. The molecular formula is C19H16O5S2. The highest BCUT2D eigenvalue weighted by Crippen LogP contribution is 2.38. The molecule has 0 aliphatic carbocycles. The van der Waals surface area contributed by atoms with Crippen molar-refractivity contribution in [2.75, 3.05) is 0 Å². The third-order valence-corrected chi connectivity index (χ3v) is 8.92. The van der Waals surface area contributed by atoms with Crippen LogP contribution >= 0.6 is 0 Å². The summed E-state index contributed by atoms with van der Waals surface area (Å²) >= 11 is 0. The van der Waals surface area contributed by atoms with Crippen molar-refractivity contribution in [1.29, 1.82) is 0 Å².